The van der Waals surface area contributed by atoms with E-state index in [0.717, 1.165) is 4.88 Å². The summed E-state index contributed by atoms with van der Waals surface area (Å²) in [6.07, 6.45) is 0. The number of benzene rings is 1. The van der Waals surface area contributed by atoms with Gasteiger partial charge in [0.05, 0.1) is 6.61 Å². The van der Waals surface area contributed by atoms with Gasteiger partial charge in [-0.3, -0.25) is 5.32 Å². The second-order valence-electron chi connectivity index (χ2n) is 4.20. The van der Waals surface area contributed by atoms with E-state index in [1.54, 1.807) is 30.4 Å². The summed E-state index contributed by atoms with van der Waals surface area (Å²) in [5.41, 5.74) is 0.569. The van der Waals surface area contributed by atoms with E-state index in [2.05, 4.69) is 5.32 Å². The summed E-state index contributed by atoms with van der Waals surface area (Å²) >= 11 is 1.60. The van der Waals surface area contributed by atoms with Crippen LogP contribution in [0.1, 0.15) is 23.4 Å². The van der Waals surface area contributed by atoms with Gasteiger partial charge in [-0.25, -0.2) is 9.18 Å². The highest BCUT2D eigenvalue weighted by Gasteiger charge is 2.21. The minimum Gasteiger partial charge on any atom is -0.465 e. The Labute approximate surface area is 121 Å². The largest absolute Gasteiger partial charge is 0.465 e. The van der Waals surface area contributed by atoms with Crippen molar-refractivity contribution in [3.8, 4) is 0 Å². The number of esters is 1. The Morgan fingerprint density at radius 1 is 1.40 bits per heavy atom. The average molecular weight is 293 g/mol. The van der Waals surface area contributed by atoms with E-state index in [-0.39, 0.29) is 5.82 Å². The second kappa shape index (κ2) is 7.17. The van der Waals surface area contributed by atoms with Crippen LogP contribution in [0.3, 0.4) is 0 Å². The molecule has 0 aliphatic rings. The van der Waals surface area contributed by atoms with Gasteiger partial charge in [-0.1, -0.05) is 18.2 Å². The van der Waals surface area contributed by atoms with Crippen LogP contribution in [-0.2, 0) is 16.1 Å². The number of thiophene rings is 1. The Bertz CT molecular complexity index is 557. The van der Waals surface area contributed by atoms with Gasteiger partial charge in [0.25, 0.3) is 0 Å². The highest BCUT2D eigenvalue weighted by Crippen LogP contribution is 2.18. The highest BCUT2D eigenvalue weighted by atomic mass is 32.1. The molecule has 2 aromatic rings. The lowest BCUT2D eigenvalue weighted by molar-refractivity contribution is -0.145. The third-order valence-electron chi connectivity index (χ3n) is 2.76. The summed E-state index contributed by atoms with van der Waals surface area (Å²) < 4.78 is 18.4. The Balaban J connectivity index is 2.13. The molecule has 1 aromatic carbocycles. The lowest BCUT2D eigenvalue weighted by Crippen LogP contribution is -2.29. The molecule has 0 saturated carbocycles. The molecule has 1 atom stereocenters. The number of hydrogen-bond donors (Lipinski definition) is 1. The van der Waals surface area contributed by atoms with Gasteiger partial charge >= 0.3 is 5.97 Å². The number of carbonyl (C=O) groups is 1. The minimum absolute atomic E-state index is 0.297. The smallest absolute Gasteiger partial charge is 0.327 e. The molecule has 20 heavy (non-hydrogen) atoms. The van der Waals surface area contributed by atoms with Crippen molar-refractivity contribution >= 4 is 17.3 Å². The van der Waals surface area contributed by atoms with Crippen molar-refractivity contribution in [2.24, 2.45) is 0 Å². The van der Waals surface area contributed by atoms with E-state index in [9.17, 15) is 9.18 Å². The Morgan fingerprint density at radius 3 is 2.90 bits per heavy atom. The quantitative estimate of drug-likeness (QED) is 0.831. The molecule has 106 valence electrons. The van der Waals surface area contributed by atoms with Crippen molar-refractivity contribution in [2.45, 2.75) is 19.5 Å². The summed E-state index contributed by atoms with van der Waals surface area (Å²) in [7, 11) is 0. The van der Waals surface area contributed by atoms with Crippen molar-refractivity contribution < 1.29 is 13.9 Å². The summed E-state index contributed by atoms with van der Waals surface area (Å²) in [5.74, 6) is -0.760. The number of ether oxygens (including phenoxy) is 1. The standard InChI is InChI=1S/C15H16FNO2S/c1-2-19-15(18)14(11-5-3-6-12(16)9-11)17-10-13-7-4-8-20-13/h3-9,14,17H,2,10H2,1H3. The third kappa shape index (κ3) is 3.88. The zero-order chi connectivity index (χ0) is 14.4. The Hall–Kier alpha value is -1.72. The van der Waals surface area contributed by atoms with Gasteiger partial charge in [0.15, 0.2) is 0 Å². The summed E-state index contributed by atoms with van der Waals surface area (Å²) in [4.78, 5) is 13.1. The number of hydrogen-bond acceptors (Lipinski definition) is 4. The molecule has 3 nitrogen and oxygen atoms in total. The van der Waals surface area contributed by atoms with E-state index in [4.69, 9.17) is 4.74 Å². The van der Waals surface area contributed by atoms with Crippen LogP contribution >= 0.6 is 11.3 Å². The van der Waals surface area contributed by atoms with Crippen LogP contribution in [0.15, 0.2) is 41.8 Å². The van der Waals surface area contributed by atoms with Crippen molar-refractivity contribution in [2.75, 3.05) is 6.61 Å². The normalized spacial score (nSPS) is 12.1. The van der Waals surface area contributed by atoms with Gasteiger partial charge < -0.3 is 4.74 Å². The van der Waals surface area contributed by atoms with Gasteiger partial charge in [0.2, 0.25) is 0 Å². The molecule has 1 unspecified atom stereocenters. The molecule has 0 fully saturated rings. The third-order valence-corrected chi connectivity index (χ3v) is 3.64. The summed E-state index contributed by atoms with van der Waals surface area (Å²) in [5, 5.41) is 5.09. The van der Waals surface area contributed by atoms with Gasteiger partial charge in [-0.05, 0) is 36.1 Å². The fraction of sp³-hybridized carbons (Fsp3) is 0.267. The number of rotatable bonds is 6. The molecule has 5 heteroatoms. The summed E-state index contributed by atoms with van der Waals surface area (Å²) in [6.45, 7) is 2.59. The number of nitrogens with one attached hydrogen (secondary N) is 1. The predicted molar refractivity (Wildman–Crippen MR) is 76.9 cm³/mol. The van der Waals surface area contributed by atoms with Crippen LogP contribution in [0, 0.1) is 5.82 Å². The predicted octanol–water partition coefficient (Wildman–Crippen LogP) is 3.28. The number of halogens is 1. The maximum Gasteiger partial charge on any atom is 0.327 e. The molecule has 0 bridgehead atoms. The first kappa shape index (κ1) is 14.7. The Kier molecular flexibility index (Phi) is 5.26. The zero-order valence-electron chi connectivity index (χ0n) is 11.1. The lowest BCUT2D eigenvalue weighted by Gasteiger charge is -2.17. The van der Waals surface area contributed by atoms with E-state index < -0.39 is 12.0 Å². The molecular weight excluding hydrogens is 277 g/mol. The molecular formula is C15H16FNO2S. The molecule has 0 saturated heterocycles. The van der Waals surface area contributed by atoms with Crippen molar-refractivity contribution in [1.29, 1.82) is 0 Å². The van der Waals surface area contributed by atoms with Crippen molar-refractivity contribution in [3.63, 3.8) is 0 Å². The average Bonchev–Trinajstić information content (AvgIpc) is 2.92. The zero-order valence-corrected chi connectivity index (χ0v) is 12.0. The van der Waals surface area contributed by atoms with Crippen LogP contribution in [0.2, 0.25) is 0 Å². The number of carbonyl (C=O) groups excluding carboxylic acids is 1. The topological polar surface area (TPSA) is 38.3 Å². The van der Waals surface area contributed by atoms with Crippen LogP contribution in [0.25, 0.3) is 0 Å². The first-order chi connectivity index (χ1) is 9.70. The van der Waals surface area contributed by atoms with E-state index >= 15 is 0 Å². The fourth-order valence-electron chi connectivity index (χ4n) is 1.86. The van der Waals surface area contributed by atoms with Gasteiger partial charge in [0.1, 0.15) is 11.9 Å². The molecule has 1 N–H and O–H groups in total. The van der Waals surface area contributed by atoms with Gasteiger partial charge in [-0.15, -0.1) is 11.3 Å². The lowest BCUT2D eigenvalue weighted by atomic mass is 10.1. The molecule has 0 aliphatic carbocycles. The minimum atomic E-state index is -0.659. The molecule has 0 amide bonds. The molecule has 0 aliphatic heterocycles. The summed E-state index contributed by atoms with van der Waals surface area (Å²) in [6, 6.07) is 9.27. The molecule has 1 heterocycles. The first-order valence-corrected chi connectivity index (χ1v) is 7.26. The van der Waals surface area contributed by atoms with Crippen LogP contribution in [-0.4, -0.2) is 12.6 Å². The van der Waals surface area contributed by atoms with Crippen molar-refractivity contribution in [1.82, 2.24) is 5.32 Å². The van der Waals surface area contributed by atoms with Crippen LogP contribution < -0.4 is 5.32 Å². The molecule has 0 radical (unpaired) electrons. The van der Waals surface area contributed by atoms with E-state index in [1.165, 1.54) is 12.1 Å². The SMILES string of the molecule is CCOC(=O)C(NCc1cccs1)c1cccc(F)c1. The van der Waals surface area contributed by atoms with Crippen molar-refractivity contribution in [3.05, 3.63) is 58.0 Å². The molecule has 0 spiro atoms. The van der Waals surface area contributed by atoms with Gasteiger partial charge in [-0.2, -0.15) is 0 Å². The maximum atomic E-state index is 13.3. The molecule has 1 aromatic heterocycles. The first-order valence-electron chi connectivity index (χ1n) is 6.38. The van der Waals surface area contributed by atoms with E-state index in [1.807, 2.05) is 17.5 Å². The van der Waals surface area contributed by atoms with Gasteiger partial charge in [0, 0.05) is 11.4 Å². The fourth-order valence-corrected chi connectivity index (χ4v) is 2.52. The maximum absolute atomic E-state index is 13.3. The van der Waals surface area contributed by atoms with Crippen LogP contribution in [0.5, 0.6) is 0 Å². The highest BCUT2D eigenvalue weighted by molar-refractivity contribution is 7.09. The molecule has 2 rings (SSSR count). The monoisotopic (exact) mass is 293 g/mol. The second-order valence-corrected chi connectivity index (χ2v) is 5.23. The van der Waals surface area contributed by atoms with E-state index in [0.29, 0.717) is 18.7 Å². The van der Waals surface area contributed by atoms with Crippen LogP contribution in [0.4, 0.5) is 4.39 Å². The Morgan fingerprint density at radius 2 is 2.25 bits per heavy atom.